The summed E-state index contributed by atoms with van der Waals surface area (Å²) in [6.07, 6.45) is -0.929. The zero-order valence-corrected chi connectivity index (χ0v) is 26.6. The van der Waals surface area contributed by atoms with Gasteiger partial charge in [0.25, 0.3) is 5.91 Å². The predicted octanol–water partition coefficient (Wildman–Crippen LogP) is 7.67. The van der Waals surface area contributed by atoms with Gasteiger partial charge < -0.3 is 15.5 Å². The normalized spacial score (nSPS) is 15.9. The number of hydrogen-bond donors (Lipinski definition) is 2. The third kappa shape index (κ3) is 6.98. The van der Waals surface area contributed by atoms with Crippen molar-refractivity contribution in [2.45, 2.75) is 56.7 Å². The highest BCUT2D eigenvalue weighted by Crippen LogP contribution is 2.51. The van der Waals surface area contributed by atoms with Crippen LogP contribution in [-0.2, 0) is 10.2 Å². The van der Waals surface area contributed by atoms with Gasteiger partial charge in [-0.1, -0.05) is 103 Å². The van der Waals surface area contributed by atoms with Crippen LogP contribution >= 0.6 is 0 Å². The number of benzene rings is 4. The van der Waals surface area contributed by atoms with E-state index in [2.05, 4.69) is 15.5 Å². The first-order valence-electron chi connectivity index (χ1n) is 16.4. The number of carbonyl (C=O) groups excluding carboxylic acids is 2. The largest absolute Gasteiger partial charge is 0.405 e. The van der Waals surface area contributed by atoms with Gasteiger partial charge in [0.05, 0.1) is 0 Å². The molecule has 1 heterocycles. The van der Waals surface area contributed by atoms with Gasteiger partial charge in [0.2, 0.25) is 5.91 Å². The van der Waals surface area contributed by atoms with Crippen molar-refractivity contribution in [2.75, 3.05) is 26.2 Å². The summed E-state index contributed by atoms with van der Waals surface area (Å²) in [5, 5.41) is 5.48. The van der Waals surface area contributed by atoms with Gasteiger partial charge in [0, 0.05) is 24.7 Å². The predicted molar refractivity (Wildman–Crippen MR) is 179 cm³/mol. The average Bonchev–Trinajstić information content (AvgIpc) is 3.37. The average molecular weight is 640 g/mol. The molecule has 1 fully saturated rings. The van der Waals surface area contributed by atoms with Gasteiger partial charge in [-0.25, -0.2) is 0 Å². The number of halogens is 3. The molecule has 244 valence electrons. The van der Waals surface area contributed by atoms with Crippen molar-refractivity contribution in [1.82, 2.24) is 15.5 Å². The molecule has 2 amide bonds. The van der Waals surface area contributed by atoms with E-state index in [-0.39, 0.29) is 11.9 Å². The third-order valence-electron chi connectivity index (χ3n) is 9.60. The second-order valence-electron chi connectivity index (χ2n) is 12.8. The Morgan fingerprint density at radius 1 is 0.809 bits per heavy atom. The first-order chi connectivity index (χ1) is 22.7. The quantitative estimate of drug-likeness (QED) is 0.175. The first-order valence-corrected chi connectivity index (χ1v) is 16.4. The van der Waals surface area contributed by atoms with Crippen LogP contribution in [0.3, 0.4) is 0 Å². The number of hydrogen-bond acceptors (Lipinski definition) is 3. The van der Waals surface area contributed by atoms with Crippen LogP contribution in [0, 0.1) is 6.92 Å². The third-order valence-corrected chi connectivity index (χ3v) is 9.60. The van der Waals surface area contributed by atoms with Gasteiger partial charge in [-0.15, -0.1) is 0 Å². The highest BCUT2D eigenvalue weighted by Gasteiger charge is 2.49. The summed E-state index contributed by atoms with van der Waals surface area (Å²) in [6, 6.07) is 31.1. The van der Waals surface area contributed by atoms with Crippen LogP contribution in [0.5, 0.6) is 0 Å². The molecule has 8 heteroatoms. The second kappa shape index (κ2) is 13.7. The van der Waals surface area contributed by atoms with Crippen LogP contribution in [0.1, 0.15) is 59.2 Å². The molecular formula is C39H40F3N3O2. The van der Waals surface area contributed by atoms with E-state index < -0.39 is 24.0 Å². The molecule has 0 aromatic heterocycles. The lowest BCUT2D eigenvalue weighted by Gasteiger charge is -2.33. The lowest BCUT2D eigenvalue weighted by Crippen LogP contribution is -2.47. The molecule has 1 aliphatic carbocycles. The molecular weight excluding hydrogens is 599 g/mol. The van der Waals surface area contributed by atoms with Crippen LogP contribution in [0.25, 0.3) is 22.3 Å². The summed E-state index contributed by atoms with van der Waals surface area (Å²) >= 11 is 0. The maximum atomic E-state index is 13.7. The van der Waals surface area contributed by atoms with Crippen LogP contribution in [0.15, 0.2) is 97.1 Å². The Morgan fingerprint density at radius 3 is 2.06 bits per heavy atom. The molecule has 6 rings (SSSR count). The molecule has 0 atom stereocenters. The lowest BCUT2D eigenvalue weighted by molar-refractivity contribution is -0.141. The molecule has 0 spiro atoms. The Balaban J connectivity index is 1.07. The fraction of sp³-hybridized carbons (Fsp3) is 0.333. The Kier molecular flexibility index (Phi) is 9.50. The number of unbranched alkanes of at least 4 members (excludes halogenated alkanes) is 1. The molecule has 0 bridgehead atoms. The maximum Gasteiger partial charge on any atom is 0.405 e. The number of rotatable bonds is 10. The van der Waals surface area contributed by atoms with Crippen molar-refractivity contribution < 1.29 is 22.8 Å². The summed E-state index contributed by atoms with van der Waals surface area (Å²) in [5.74, 6) is -0.662. The number of fused-ring (bicyclic) bond motifs is 3. The first kappa shape index (κ1) is 32.5. The zero-order chi connectivity index (χ0) is 33.0. The fourth-order valence-corrected chi connectivity index (χ4v) is 7.29. The molecule has 0 unspecified atom stereocenters. The van der Waals surface area contributed by atoms with E-state index >= 15 is 0 Å². The molecule has 4 aromatic rings. The van der Waals surface area contributed by atoms with Crippen molar-refractivity contribution in [2.24, 2.45) is 0 Å². The number of nitrogens with one attached hydrogen (secondary N) is 2. The number of amides is 2. The van der Waals surface area contributed by atoms with E-state index in [1.54, 1.807) is 0 Å². The van der Waals surface area contributed by atoms with Crippen LogP contribution < -0.4 is 10.6 Å². The van der Waals surface area contributed by atoms with Crippen molar-refractivity contribution in [1.29, 1.82) is 0 Å². The highest BCUT2D eigenvalue weighted by atomic mass is 19.4. The smallest absolute Gasteiger partial charge is 0.349 e. The van der Waals surface area contributed by atoms with Crippen LogP contribution in [-0.4, -0.2) is 55.1 Å². The summed E-state index contributed by atoms with van der Waals surface area (Å²) in [7, 11) is 0. The highest BCUT2D eigenvalue weighted by molar-refractivity contribution is 6.02. The van der Waals surface area contributed by atoms with E-state index in [4.69, 9.17) is 0 Å². The summed E-state index contributed by atoms with van der Waals surface area (Å²) in [4.78, 5) is 29.5. The zero-order valence-electron chi connectivity index (χ0n) is 26.6. The van der Waals surface area contributed by atoms with Gasteiger partial charge in [-0.2, -0.15) is 13.2 Å². The van der Waals surface area contributed by atoms with Crippen molar-refractivity contribution in [3.8, 4) is 22.3 Å². The summed E-state index contributed by atoms with van der Waals surface area (Å²) < 4.78 is 39.5. The molecule has 5 nitrogen and oxygen atoms in total. The molecule has 2 N–H and O–H groups in total. The SMILES string of the molecule is Cc1ccc(-c2ccccc2)c(C(=O)NC2CCN(CCCCC3(C(=O)NCC(F)(F)F)c4ccccc4-c4ccccc43)CC2)c1. The van der Waals surface area contributed by atoms with E-state index in [0.717, 1.165) is 77.8 Å². The van der Waals surface area contributed by atoms with E-state index in [0.29, 0.717) is 18.4 Å². The fourth-order valence-electron chi connectivity index (χ4n) is 7.29. The number of piperidine rings is 1. The molecule has 47 heavy (non-hydrogen) atoms. The van der Waals surface area contributed by atoms with Crippen molar-refractivity contribution >= 4 is 11.8 Å². The van der Waals surface area contributed by atoms with Gasteiger partial charge in [-0.3, -0.25) is 9.59 Å². The lowest BCUT2D eigenvalue weighted by atomic mass is 9.73. The molecule has 1 aliphatic heterocycles. The van der Waals surface area contributed by atoms with E-state index in [9.17, 15) is 22.8 Å². The minimum atomic E-state index is -4.50. The van der Waals surface area contributed by atoms with Gasteiger partial charge in [0.15, 0.2) is 0 Å². The molecule has 4 aromatic carbocycles. The van der Waals surface area contributed by atoms with E-state index in [1.807, 2.05) is 104 Å². The Bertz CT molecular complexity index is 1680. The number of carbonyl (C=O) groups is 2. The Labute approximate surface area is 274 Å². The molecule has 0 radical (unpaired) electrons. The van der Waals surface area contributed by atoms with Gasteiger partial charge >= 0.3 is 6.18 Å². The summed E-state index contributed by atoms with van der Waals surface area (Å²) in [6.45, 7) is 3.13. The minimum absolute atomic E-state index is 0.0581. The van der Waals surface area contributed by atoms with Crippen molar-refractivity contribution in [3.05, 3.63) is 119 Å². The van der Waals surface area contributed by atoms with Crippen LogP contribution in [0.2, 0.25) is 0 Å². The maximum absolute atomic E-state index is 13.7. The molecule has 2 aliphatic rings. The van der Waals surface area contributed by atoms with Crippen LogP contribution in [0.4, 0.5) is 13.2 Å². The minimum Gasteiger partial charge on any atom is -0.349 e. The van der Waals surface area contributed by atoms with Crippen molar-refractivity contribution in [3.63, 3.8) is 0 Å². The monoisotopic (exact) mass is 639 g/mol. The molecule has 0 saturated carbocycles. The van der Waals surface area contributed by atoms with Gasteiger partial charge in [-0.05, 0) is 78.6 Å². The number of aryl methyl sites for hydroxylation is 1. The summed E-state index contributed by atoms with van der Waals surface area (Å²) in [5.41, 5.74) is 5.80. The van der Waals surface area contributed by atoms with Gasteiger partial charge in [0.1, 0.15) is 12.0 Å². The number of alkyl halides is 3. The Morgan fingerprint density at radius 2 is 1.43 bits per heavy atom. The van der Waals surface area contributed by atoms with E-state index in [1.165, 1.54) is 0 Å². The molecule has 1 saturated heterocycles. The topological polar surface area (TPSA) is 61.4 Å². The number of likely N-dealkylation sites (tertiary alicyclic amines) is 1. The number of nitrogens with zero attached hydrogens (tertiary/aromatic N) is 1. The standard InChI is InChI=1S/C39H40F3N3O2/c1-27-17-18-30(28-11-3-2-4-12-28)33(25-27)36(46)44-29-19-23-45(24-20-29)22-10-9-21-38(37(47)43-26-39(40,41)42)34-15-7-5-13-31(34)32-14-6-8-16-35(32)38/h2-8,11-18,25,29H,9-10,19-24,26H2,1H3,(H,43,47)(H,44,46). The second-order valence-corrected chi connectivity index (χ2v) is 12.8. The Hall–Kier alpha value is -4.43.